The number of pyridine rings is 1. The molecule has 0 atom stereocenters. The van der Waals surface area contributed by atoms with Crippen LogP contribution in [-0.2, 0) is 11.8 Å². The van der Waals surface area contributed by atoms with E-state index in [9.17, 15) is 4.79 Å². The number of hydrogen-bond acceptors (Lipinski definition) is 7. The van der Waals surface area contributed by atoms with Crippen molar-refractivity contribution in [3.05, 3.63) is 42.7 Å². The molecule has 0 bridgehead atoms. The Labute approximate surface area is 160 Å². The van der Waals surface area contributed by atoms with Crippen LogP contribution in [0.4, 0.5) is 5.69 Å². The quantitative estimate of drug-likeness (QED) is 0.625. The summed E-state index contributed by atoms with van der Waals surface area (Å²) in [5.41, 5.74) is 1.47. The lowest BCUT2D eigenvalue weighted by Crippen LogP contribution is -2.15. The molecule has 1 aromatic carbocycles. The van der Waals surface area contributed by atoms with Gasteiger partial charge < -0.3 is 19.4 Å². The monoisotopic (exact) mass is 385 g/mol. The van der Waals surface area contributed by atoms with Crippen LogP contribution < -0.4 is 14.8 Å². The van der Waals surface area contributed by atoms with Gasteiger partial charge in [-0.3, -0.25) is 9.78 Å². The SMILES string of the molecule is COc1ccc(OC)c(NC(=O)CSc2nnc(-c3ccncc3)n2C)c1. The number of rotatable bonds is 7. The van der Waals surface area contributed by atoms with Gasteiger partial charge >= 0.3 is 0 Å². The lowest BCUT2D eigenvalue weighted by molar-refractivity contribution is -0.113. The first-order valence-corrected chi connectivity index (χ1v) is 9.05. The fraction of sp³-hybridized carbons (Fsp3) is 0.222. The zero-order chi connectivity index (χ0) is 19.2. The molecule has 0 aliphatic heterocycles. The Morgan fingerprint density at radius 2 is 1.93 bits per heavy atom. The van der Waals surface area contributed by atoms with Crippen molar-refractivity contribution in [1.29, 1.82) is 0 Å². The minimum Gasteiger partial charge on any atom is -0.497 e. The number of thioether (sulfide) groups is 1. The van der Waals surface area contributed by atoms with Crippen molar-refractivity contribution >= 4 is 23.4 Å². The third-order valence-electron chi connectivity index (χ3n) is 3.79. The summed E-state index contributed by atoms with van der Waals surface area (Å²) < 4.78 is 12.3. The van der Waals surface area contributed by atoms with Gasteiger partial charge in [0, 0.05) is 31.1 Å². The van der Waals surface area contributed by atoms with Gasteiger partial charge in [0.05, 0.1) is 25.7 Å². The molecule has 3 rings (SSSR count). The maximum atomic E-state index is 12.3. The third-order valence-corrected chi connectivity index (χ3v) is 4.81. The van der Waals surface area contributed by atoms with Gasteiger partial charge in [0.15, 0.2) is 11.0 Å². The molecule has 1 amide bonds. The molecular formula is C18H19N5O3S. The van der Waals surface area contributed by atoms with Crippen molar-refractivity contribution in [1.82, 2.24) is 19.7 Å². The van der Waals surface area contributed by atoms with E-state index in [0.717, 1.165) is 11.4 Å². The number of methoxy groups -OCH3 is 2. The lowest BCUT2D eigenvalue weighted by atomic mass is 10.2. The van der Waals surface area contributed by atoms with E-state index in [1.165, 1.54) is 11.8 Å². The Kier molecular flexibility index (Phi) is 5.92. The number of aromatic nitrogens is 4. The van der Waals surface area contributed by atoms with E-state index in [2.05, 4.69) is 20.5 Å². The Bertz CT molecular complexity index is 930. The number of amides is 1. The Balaban J connectivity index is 1.66. The highest BCUT2D eigenvalue weighted by atomic mass is 32.2. The molecular weight excluding hydrogens is 366 g/mol. The average Bonchev–Trinajstić information content (AvgIpc) is 3.07. The van der Waals surface area contributed by atoms with Crippen molar-refractivity contribution in [3.63, 3.8) is 0 Å². The minimum absolute atomic E-state index is 0.181. The second-order valence-corrected chi connectivity index (χ2v) is 6.45. The summed E-state index contributed by atoms with van der Waals surface area (Å²) in [6, 6.07) is 8.94. The maximum absolute atomic E-state index is 12.3. The van der Waals surface area contributed by atoms with Crippen LogP contribution in [0.5, 0.6) is 11.5 Å². The van der Waals surface area contributed by atoms with Crippen LogP contribution >= 0.6 is 11.8 Å². The molecule has 1 N–H and O–H groups in total. The molecule has 0 saturated heterocycles. The standard InChI is InChI=1S/C18H19N5O3S/c1-23-17(12-6-8-19-9-7-12)21-22-18(23)27-11-16(24)20-14-10-13(25-2)4-5-15(14)26-3/h4-10H,11H2,1-3H3,(H,20,24). The molecule has 0 saturated carbocycles. The molecule has 8 nitrogen and oxygen atoms in total. The zero-order valence-electron chi connectivity index (χ0n) is 15.2. The van der Waals surface area contributed by atoms with Crippen molar-refractivity contribution in [2.45, 2.75) is 5.16 Å². The molecule has 0 unspecified atom stereocenters. The van der Waals surface area contributed by atoms with Gasteiger partial charge in [0.2, 0.25) is 5.91 Å². The van der Waals surface area contributed by atoms with Crippen molar-refractivity contribution in [2.75, 3.05) is 25.3 Å². The van der Waals surface area contributed by atoms with Gasteiger partial charge in [0.1, 0.15) is 11.5 Å². The summed E-state index contributed by atoms with van der Waals surface area (Å²) in [5, 5.41) is 11.8. The Hall–Kier alpha value is -3.07. The molecule has 0 radical (unpaired) electrons. The predicted molar refractivity (Wildman–Crippen MR) is 103 cm³/mol. The van der Waals surface area contributed by atoms with Crippen LogP contribution in [-0.4, -0.2) is 45.6 Å². The van der Waals surface area contributed by atoms with Gasteiger partial charge in [-0.1, -0.05) is 11.8 Å². The zero-order valence-corrected chi connectivity index (χ0v) is 16.0. The summed E-state index contributed by atoms with van der Waals surface area (Å²) in [4.78, 5) is 16.3. The van der Waals surface area contributed by atoms with Gasteiger partial charge in [-0.05, 0) is 24.3 Å². The molecule has 140 valence electrons. The number of carbonyl (C=O) groups is 1. The van der Waals surface area contributed by atoms with E-state index in [0.29, 0.717) is 22.3 Å². The topological polar surface area (TPSA) is 91.2 Å². The first-order valence-electron chi connectivity index (χ1n) is 8.07. The van der Waals surface area contributed by atoms with E-state index in [1.54, 1.807) is 44.8 Å². The van der Waals surface area contributed by atoms with Crippen LogP contribution in [0.15, 0.2) is 47.9 Å². The lowest BCUT2D eigenvalue weighted by Gasteiger charge is -2.11. The fourth-order valence-electron chi connectivity index (χ4n) is 2.42. The molecule has 9 heteroatoms. The number of hydrogen-bond donors (Lipinski definition) is 1. The van der Waals surface area contributed by atoms with E-state index in [4.69, 9.17) is 9.47 Å². The first kappa shape index (κ1) is 18.7. The largest absolute Gasteiger partial charge is 0.497 e. The molecule has 0 spiro atoms. The Morgan fingerprint density at radius 3 is 2.63 bits per heavy atom. The summed E-state index contributed by atoms with van der Waals surface area (Å²) in [6.07, 6.45) is 3.40. The van der Waals surface area contributed by atoms with E-state index < -0.39 is 0 Å². The van der Waals surface area contributed by atoms with E-state index in [-0.39, 0.29) is 11.7 Å². The fourth-order valence-corrected chi connectivity index (χ4v) is 3.13. The second kappa shape index (κ2) is 8.54. The minimum atomic E-state index is -0.181. The van der Waals surface area contributed by atoms with Gasteiger partial charge in [0.25, 0.3) is 0 Å². The highest BCUT2D eigenvalue weighted by molar-refractivity contribution is 7.99. The number of carbonyl (C=O) groups excluding carboxylic acids is 1. The molecule has 0 fully saturated rings. The van der Waals surface area contributed by atoms with Crippen LogP contribution in [0.2, 0.25) is 0 Å². The highest BCUT2D eigenvalue weighted by Crippen LogP contribution is 2.29. The second-order valence-electron chi connectivity index (χ2n) is 5.50. The van der Waals surface area contributed by atoms with Crippen LogP contribution in [0.3, 0.4) is 0 Å². The number of benzene rings is 1. The molecule has 3 aromatic rings. The molecule has 0 aliphatic rings. The molecule has 27 heavy (non-hydrogen) atoms. The molecule has 2 heterocycles. The Morgan fingerprint density at radius 1 is 1.15 bits per heavy atom. The predicted octanol–water partition coefficient (Wildman–Crippen LogP) is 2.63. The summed E-state index contributed by atoms with van der Waals surface area (Å²) in [5.74, 6) is 1.92. The van der Waals surface area contributed by atoms with Crippen LogP contribution in [0, 0.1) is 0 Å². The summed E-state index contributed by atoms with van der Waals surface area (Å²) in [6.45, 7) is 0. The number of nitrogens with one attached hydrogen (secondary N) is 1. The molecule has 2 aromatic heterocycles. The van der Waals surface area contributed by atoms with Crippen molar-refractivity contribution < 1.29 is 14.3 Å². The average molecular weight is 385 g/mol. The third kappa shape index (κ3) is 4.37. The van der Waals surface area contributed by atoms with Crippen LogP contribution in [0.25, 0.3) is 11.4 Å². The van der Waals surface area contributed by atoms with Gasteiger partial charge in [-0.15, -0.1) is 10.2 Å². The normalized spacial score (nSPS) is 10.5. The summed E-state index contributed by atoms with van der Waals surface area (Å²) >= 11 is 1.30. The van der Waals surface area contributed by atoms with Gasteiger partial charge in [-0.2, -0.15) is 0 Å². The van der Waals surface area contributed by atoms with Crippen LogP contribution in [0.1, 0.15) is 0 Å². The van der Waals surface area contributed by atoms with Crippen molar-refractivity contribution in [2.24, 2.45) is 7.05 Å². The van der Waals surface area contributed by atoms with Crippen molar-refractivity contribution in [3.8, 4) is 22.9 Å². The van der Waals surface area contributed by atoms with E-state index >= 15 is 0 Å². The first-order chi connectivity index (χ1) is 13.1. The molecule has 0 aliphatic carbocycles. The smallest absolute Gasteiger partial charge is 0.234 e. The maximum Gasteiger partial charge on any atom is 0.234 e. The van der Waals surface area contributed by atoms with Gasteiger partial charge in [-0.25, -0.2) is 0 Å². The number of anilines is 1. The number of ether oxygens (including phenoxy) is 2. The van der Waals surface area contributed by atoms with E-state index in [1.807, 2.05) is 23.7 Å². The number of nitrogens with zero attached hydrogens (tertiary/aromatic N) is 4. The summed E-state index contributed by atoms with van der Waals surface area (Å²) in [7, 11) is 4.98. The highest BCUT2D eigenvalue weighted by Gasteiger charge is 2.14.